The standard InChI is InChI=1S/C15H23NS/c1-6-8-12(7-2)16-11-13-9-10-14(17-13)15(3,4)5/h2,9-10,12,16H,6,8,11H2,1,3-5H3. The fourth-order valence-corrected chi connectivity index (χ4v) is 2.65. The molecule has 1 aromatic rings. The topological polar surface area (TPSA) is 12.0 Å². The van der Waals surface area contributed by atoms with E-state index >= 15 is 0 Å². The third-order valence-corrected chi connectivity index (χ3v) is 4.21. The van der Waals surface area contributed by atoms with E-state index in [-0.39, 0.29) is 11.5 Å². The normalized spacial score (nSPS) is 13.4. The lowest BCUT2D eigenvalue weighted by atomic mass is 9.95. The van der Waals surface area contributed by atoms with Crippen LogP contribution in [0, 0.1) is 12.3 Å². The van der Waals surface area contributed by atoms with Crippen LogP contribution in [0.1, 0.15) is 50.3 Å². The molecule has 0 bridgehead atoms. The molecule has 1 unspecified atom stereocenters. The minimum atomic E-state index is 0.209. The van der Waals surface area contributed by atoms with Crippen molar-refractivity contribution in [1.82, 2.24) is 5.32 Å². The van der Waals surface area contributed by atoms with Crippen LogP contribution in [0.15, 0.2) is 12.1 Å². The van der Waals surface area contributed by atoms with Gasteiger partial charge in [0.05, 0.1) is 6.04 Å². The highest BCUT2D eigenvalue weighted by Gasteiger charge is 2.16. The number of thiophene rings is 1. The van der Waals surface area contributed by atoms with Gasteiger partial charge in [-0.3, -0.25) is 5.32 Å². The van der Waals surface area contributed by atoms with E-state index in [0.29, 0.717) is 0 Å². The van der Waals surface area contributed by atoms with Crippen LogP contribution in [0.2, 0.25) is 0 Å². The summed E-state index contributed by atoms with van der Waals surface area (Å²) >= 11 is 1.88. The van der Waals surface area contributed by atoms with E-state index in [4.69, 9.17) is 6.42 Å². The molecule has 0 aromatic carbocycles. The van der Waals surface area contributed by atoms with Crippen LogP contribution in [0.4, 0.5) is 0 Å². The molecule has 1 aromatic heterocycles. The van der Waals surface area contributed by atoms with Crippen molar-refractivity contribution in [3.8, 4) is 12.3 Å². The van der Waals surface area contributed by atoms with Crippen LogP contribution in [0.25, 0.3) is 0 Å². The van der Waals surface area contributed by atoms with E-state index < -0.39 is 0 Å². The molecular weight excluding hydrogens is 226 g/mol. The first-order valence-electron chi connectivity index (χ1n) is 6.26. The highest BCUT2D eigenvalue weighted by Crippen LogP contribution is 2.29. The van der Waals surface area contributed by atoms with Gasteiger partial charge in [-0.05, 0) is 24.0 Å². The summed E-state index contributed by atoms with van der Waals surface area (Å²) < 4.78 is 0. The summed E-state index contributed by atoms with van der Waals surface area (Å²) in [5.41, 5.74) is 0.248. The average Bonchev–Trinajstić information content (AvgIpc) is 2.72. The summed E-state index contributed by atoms with van der Waals surface area (Å²) in [4.78, 5) is 2.80. The van der Waals surface area contributed by atoms with Crippen molar-refractivity contribution in [3.63, 3.8) is 0 Å². The molecule has 17 heavy (non-hydrogen) atoms. The Morgan fingerprint density at radius 3 is 2.59 bits per heavy atom. The van der Waals surface area contributed by atoms with Crippen LogP contribution >= 0.6 is 11.3 Å². The molecule has 1 rings (SSSR count). The highest BCUT2D eigenvalue weighted by molar-refractivity contribution is 7.12. The number of hydrogen-bond donors (Lipinski definition) is 1. The lowest BCUT2D eigenvalue weighted by Crippen LogP contribution is -2.26. The average molecular weight is 249 g/mol. The number of rotatable bonds is 5. The second kappa shape index (κ2) is 6.23. The minimum absolute atomic E-state index is 0.209. The molecule has 2 heteroatoms. The van der Waals surface area contributed by atoms with Crippen molar-refractivity contribution in [2.24, 2.45) is 0 Å². The fourth-order valence-electron chi connectivity index (χ4n) is 1.63. The van der Waals surface area contributed by atoms with Crippen LogP contribution in [-0.4, -0.2) is 6.04 Å². The van der Waals surface area contributed by atoms with E-state index in [1.807, 2.05) is 11.3 Å². The lowest BCUT2D eigenvalue weighted by molar-refractivity contribution is 0.566. The molecule has 1 atom stereocenters. The Labute approximate surface area is 110 Å². The Hall–Kier alpha value is -0.780. The van der Waals surface area contributed by atoms with Crippen molar-refractivity contribution in [2.45, 2.75) is 58.5 Å². The summed E-state index contributed by atoms with van der Waals surface area (Å²) in [7, 11) is 0. The first kappa shape index (κ1) is 14.3. The van der Waals surface area contributed by atoms with Gasteiger partial charge in [-0.25, -0.2) is 0 Å². The quantitative estimate of drug-likeness (QED) is 0.780. The largest absolute Gasteiger partial charge is 0.299 e. The molecule has 0 fully saturated rings. The van der Waals surface area contributed by atoms with Gasteiger partial charge in [-0.2, -0.15) is 0 Å². The summed E-state index contributed by atoms with van der Waals surface area (Å²) in [5, 5.41) is 3.43. The molecule has 0 aliphatic carbocycles. The third-order valence-electron chi connectivity index (χ3n) is 2.70. The van der Waals surface area contributed by atoms with Gasteiger partial charge in [-0.15, -0.1) is 17.8 Å². The Bertz CT molecular complexity index is 378. The van der Waals surface area contributed by atoms with Gasteiger partial charge in [0, 0.05) is 16.3 Å². The zero-order chi connectivity index (χ0) is 12.9. The third kappa shape index (κ3) is 4.53. The van der Waals surface area contributed by atoms with Crippen molar-refractivity contribution in [3.05, 3.63) is 21.9 Å². The number of terminal acetylenes is 1. The first-order valence-corrected chi connectivity index (χ1v) is 7.07. The molecule has 94 valence electrons. The van der Waals surface area contributed by atoms with E-state index in [9.17, 15) is 0 Å². The molecule has 0 saturated heterocycles. The summed E-state index contributed by atoms with van der Waals surface area (Å²) in [6.45, 7) is 9.79. The monoisotopic (exact) mass is 249 g/mol. The molecular formula is C15H23NS. The summed E-state index contributed by atoms with van der Waals surface area (Å²) in [5.74, 6) is 2.80. The molecule has 1 heterocycles. The Morgan fingerprint density at radius 1 is 1.41 bits per heavy atom. The van der Waals surface area contributed by atoms with E-state index in [1.165, 1.54) is 9.75 Å². The number of nitrogens with one attached hydrogen (secondary N) is 1. The zero-order valence-corrected chi connectivity index (χ0v) is 12.2. The van der Waals surface area contributed by atoms with Crippen LogP contribution < -0.4 is 5.32 Å². The van der Waals surface area contributed by atoms with Crippen LogP contribution in [-0.2, 0) is 12.0 Å². The Kier molecular flexibility index (Phi) is 5.24. The van der Waals surface area contributed by atoms with Crippen LogP contribution in [0.5, 0.6) is 0 Å². The molecule has 0 radical (unpaired) electrons. The number of hydrogen-bond acceptors (Lipinski definition) is 2. The smallest absolute Gasteiger partial charge is 0.0689 e. The molecule has 0 aliphatic heterocycles. The molecule has 0 saturated carbocycles. The highest BCUT2D eigenvalue weighted by atomic mass is 32.1. The van der Waals surface area contributed by atoms with E-state index in [0.717, 1.165) is 19.4 Å². The SMILES string of the molecule is C#CC(CCC)NCc1ccc(C(C)(C)C)s1. The molecule has 0 spiro atoms. The van der Waals surface area contributed by atoms with E-state index in [1.54, 1.807) is 0 Å². The Morgan fingerprint density at radius 2 is 2.12 bits per heavy atom. The van der Waals surface area contributed by atoms with E-state index in [2.05, 4.69) is 51.1 Å². The predicted octanol–water partition coefficient (Wildman–Crippen LogP) is 3.94. The van der Waals surface area contributed by atoms with Gasteiger partial charge < -0.3 is 0 Å². The molecule has 1 nitrogen and oxygen atoms in total. The van der Waals surface area contributed by atoms with Gasteiger partial charge in [0.1, 0.15) is 0 Å². The second-order valence-corrected chi connectivity index (χ2v) is 6.57. The van der Waals surface area contributed by atoms with Gasteiger partial charge in [0.2, 0.25) is 0 Å². The van der Waals surface area contributed by atoms with Crippen molar-refractivity contribution < 1.29 is 0 Å². The molecule has 0 amide bonds. The summed E-state index contributed by atoms with van der Waals surface area (Å²) in [6.07, 6.45) is 7.66. The van der Waals surface area contributed by atoms with Gasteiger partial charge in [0.25, 0.3) is 0 Å². The lowest BCUT2D eigenvalue weighted by Gasteiger charge is -2.15. The molecule has 0 aliphatic rings. The van der Waals surface area contributed by atoms with Crippen molar-refractivity contribution >= 4 is 11.3 Å². The first-order chi connectivity index (χ1) is 7.97. The second-order valence-electron chi connectivity index (χ2n) is 5.40. The van der Waals surface area contributed by atoms with Gasteiger partial charge in [0.15, 0.2) is 0 Å². The van der Waals surface area contributed by atoms with Crippen molar-refractivity contribution in [2.75, 3.05) is 0 Å². The maximum atomic E-state index is 5.49. The zero-order valence-electron chi connectivity index (χ0n) is 11.3. The predicted molar refractivity (Wildman–Crippen MR) is 77.4 cm³/mol. The maximum Gasteiger partial charge on any atom is 0.0689 e. The van der Waals surface area contributed by atoms with Crippen LogP contribution in [0.3, 0.4) is 0 Å². The molecule has 1 N–H and O–H groups in total. The minimum Gasteiger partial charge on any atom is -0.299 e. The summed E-state index contributed by atoms with van der Waals surface area (Å²) in [6, 6.07) is 4.64. The van der Waals surface area contributed by atoms with Gasteiger partial charge >= 0.3 is 0 Å². The maximum absolute atomic E-state index is 5.49. The fraction of sp³-hybridized carbons (Fsp3) is 0.600. The van der Waals surface area contributed by atoms with Crippen molar-refractivity contribution in [1.29, 1.82) is 0 Å². The van der Waals surface area contributed by atoms with Gasteiger partial charge in [-0.1, -0.05) is 40.0 Å². The Balaban J connectivity index is 2.53.